The zero-order valence-electron chi connectivity index (χ0n) is 20.5. The third-order valence-electron chi connectivity index (χ3n) is 5.64. The van der Waals surface area contributed by atoms with Crippen molar-refractivity contribution in [2.45, 2.75) is 65.6 Å². The SMILES string of the molecule is CCNC(=O)c1noc(-c2cc(C(C)C)c(OC)cc2OC)c1[B]OC(C)(C)C(C)(C)O. The zero-order valence-corrected chi connectivity index (χ0v) is 20.5. The minimum Gasteiger partial charge on any atom is -0.496 e. The number of aromatic nitrogens is 1. The Morgan fingerprint density at radius 1 is 1.19 bits per heavy atom. The summed E-state index contributed by atoms with van der Waals surface area (Å²) in [6.07, 6.45) is 0. The third-order valence-corrected chi connectivity index (χ3v) is 5.64. The van der Waals surface area contributed by atoms with Gasteiger partial charge in [-0.25, -0.2) is 0 Å². The third kappa shape index (κ3) is 5.27. The quantitative estimate of drug-likeness (QED) is 0.542. The van der Waals surface area contributed by atoms with E-state index in [1.807, 2.05) is 13.0 Å². The Morgan fingerprint density at radius 2 is 1.81 bits per heavy atom. The molecule has 2 rings (SSSR count). The lowest BCUT2D eigenvalue weighted by atomic mass is 9.79. The highest BCUT2D eigenvalue weighted by molar-refractivity contribution is 6.51. The van der Waals surface area contributed by atoms with E-state index >= 15 is 0 Å². The summed E-state index contributed by atoms with van der Waals surface area (Å²) in [5.41, 5.74) is -0.106. The second kappa shape index (κ2) is 9.96. The maximum absolute atomic E-state index is 12.7. The average molecular weight is 445 g/mol. The summed E-state index contributed by atoms with van der Waals surface area (Å²) in [5.74, 6) is 1.28. The lowest BCUT2D eigenvalue weighted by Crippen LogP contribution is -2.49. The molecule has 8 nitrogen and oxygen atoms in total. The van der Waals surface area contributed by atoms with Crippen molar-refractivity contribution >= 4 is 18.9 Å². The molecule has 2 N–H and O–H groups in total. The van der Waals surface area contributed by atoms with Crippen LogP contribution in [0, 0.1) is 0 Å². The number of amides is 1. The van der Waals surface area contributed by atoms with Gasteiger partial charge in [0, 0.05) is 18.1 Å². The van der Waals surface area contributed by atoms with Gasteiger partial charge in [-0.2, -0.15) is 0 Å². The summed E-state index contributed by atoms with van der Waals surface area (Å²) < 4.78 is 22.7. The number of nitrogens with one attached hydrogen (secondary N) is 1. The van der Waals surface area contributed by atoms with E-state index in [1.54, 1.807) is 48.0 Å². The summed E-state index contributed by atoms with van der Waals surface area (Å²) in [6, 6.07) is 3.69. The number of ether oxygens (including phenoxy) is 2. The van der Waals surface area contributed by atoms with Gasteiger partial charge in [-0.15, -0.1) is 0 Å². The molecule has 0 aliphatic heterocycles. The highest BCUT2D eigenvalue weighted by Gasteiger charge is 2.37. The molecular weight excluding hydrogens is 411 g/mol. The lowest BCUT2D eigenvalue weighted by molar-refractivity contribution is -0.0893. The molecule has 1 aromatic heterocycles. The smallest absolute Gasteiger partial charge is 0.337 e. The number of carbonyl (C=O) groups is 1. The minimum absolute atomic E-state index is 0.0809. The molecule has 0 saturated carbocycles. The Labute approximate surface area is 190 Å². The van der Waals surface area contributed by atoms with E-state index in [-0.39, 0.29) is 11.6 Å². The first-order valence-electron chi connectivity index (χ1n) is 10.7. The average Bonchev–Trinajstić information content (AvgIpc) is 3.14. The van der Waals surface area contributed by atoms with Crippen LogP contribution >= 0.6 is 0 Å². The molecule has 0 atom stereocenters. The van der Waals surface area contributed by atoms with Crippen molar-refractivity contribution in [3.05, 3.63) is 23.4 Å². The maximum atomic E-state index is 12.7. The monoisotopic (exact) mass is 445 g/mol. The fourth-order valence-electron chi connectivity index (χ4n) is 2.91. The minimum atomic E-state index is -1.14. The van der Waals surface area contributed by atoms with Crippen molar-refractivity contribution < 1.29 is 28.6 Å². The molecule has 9 heteroatoms. The van der Waals surface area contributed by atoms with E-state index in [2.05, 4.69) is 24.3 Å². The summed E-state index contributed by atoms with van der Waals surface area (Å²) in [4.78, 5) is 12.7. The molecule has 2 aromatic rings. The zero-order chi connectivity index (χ0) is 24.3. The van der Waals surface area contributed by atoms with Crippen molar-refractivity contribution in [3.8, 4) is 22.8 Å². The number of rotatable bonds is 10. The van der Waals surface area contributed by atoms with Gasteiger partial charge in [0.25, 0.3) is 5.91 Å². The van der Waals surface area contributed by atoms with Crippen LogP contribution in [0.25, 0.3) is 11.3 Å². The van der Waals surface area contributed by atoms with Gasteiger partial charge in [0.2, 0.25) is 0 Å². The molecule has 1 amide bonds. The standard InChI is InChI=1S/C23H34BN2O6/c1-10-25-21(27)19-18(24-32-23(6,7)22(4,5)28)20(31-26-19)15-11-14(13(2)3)16(29-8)12-17(15)30-9/h11-13,28H,10H2,1-9H3,(H,25,27). The van der Waals surface area contributed by atoms with Gasteiger partial charge in [0.05, 0.1) is 31.0 Å². The molecule has 0 aliphatic rings. The van der Waals surface area contributed by atoms with Gasteiger partial charge in [-0.3, -0.25) is 4.79 Å². The van der Waals surface area contributed by atoms with Crippen molar-refractivity contribution in [1.82, 2.24) is 10.5 Å². The number of nitrogens with zero attached hydrogens (tertiary/aromatic N) is 1. The fourth-order valence-corrected chi connectivity index (χ4v) is 2.91. The van der Waals surface area contributed by atoms with Gasteiger partial charge < -0.3 is 29.1 Å². The lowest BCUT2D eigenvalue weighted by Gasteiger charge is -2.37. The first kappa shape index (κ1) is 25.7. The van der Waals surface area contributed by atoms with Crippen LogP contribution in [0.4, 0.5) is 0 Å². The van der Waals surface area contributed by atoms with Crippen LogP contribution in [0.1, 0.15) is 70.4 Å². The number of methoxy groups -OCH3 is 2. The van der Waals surface area contributed by atoms with Crippen LogP contribution in [0.15, 0.2) is 16.7 Å². The van der Waals surface area contributed by atoms with Crippen LogP contribution in [-0.2, 0) is 4.65 Å². The highest BCUT2D eigenvalue weighted by atomic mass is 16.5. The molecule has 0 aliphatic carbocycles. The molecule has 1 heterocycles. The number of hydrogen-bond donors (Lipinski definition) is 2. The van der Waals surface area contributed by atoms with E-state index in [9.17, 15) is 9.90 Å². The van der Waals surface area contributed by atoms with Crippen LogP contribution < -0.4 is 20.3 Å². The fraction of sp³-hybridized carbons (Fsp3) is 0.565. The number of carbonyl (C=O) groups excluding carboxylic acids is 1. The highest BCUT2D eigenvalue weighted by Crippen LogP contribution is 2.38. The Hall–Kier alpha value is -2.52. The number of hydrogen-bond acceptors (Lipinski definition) is 7. The molecule has 0 bridgehead atoms. The van der Waals surface area contributed by atoms with Crippen molar-refractivity contribution in [3.63, 3.8) is 0 Å². The molecule has 0 fully saturated rings. The Kier molecular flexibility index (Phi) is 8.01. The largest absolute Gasteiger partial charge is 0.496 e. The summed E-state index contributed by atoms with van der Waals surface area (Å²) in [5, 5.41) is 17.2. The predicted molar refractivity (Wildman–Crippen MR) is 124 cm³/mol. The van der Waals surface area contributed by atoms with Crippen LogP contribution in [0.2, 0.25) is 0 Å². The molecule has 1 aromatic carbocycles. The molecule has 32 heavy (non-hydrogen) atoms. The van der Waals surface area contributed by atoms with Gasteiger partial charge in [0.1, 0.15) is 11.5 Å². The number of benzene rings is 1. The van der Waals surface area contributed by atoms with Gasteiger partial charge in [-0.05, 0) is 52.2 Å². The molecule has 175 valence electrons. The normalized spacial score (nSPS) is 12.1. The van der Waals surface area contributed by atoms with Gasteiger partial charge in [-0.1, -0.05) is 19.0 Å². The van der Waals surface area contributed by atoms with Crippen molar-refractivity contribution in [2.75, 3.05) is 20.8 Å². The first-order chi connectivity index (χ1) is 14.9. The second-order valence-electron chi connectivity index (χ2n) is 8.89. The van der Waals surface area contributed by atoms with E-state index < -0.39 is 17.1 Å². The Morgan fingerprint density at radius 3 is 2.31 bits per heavy atom. The molecule has 0 spiro atoms. The van der Waals surface area contributed by atoms with Gasteiger partial charge in [0.15, 0.2) is 11.5 Å². The Bertz CT molecular complexity index is 947. The van der Waals surface area contributed by atoms with E-state index in [0.717, 1.165) is 5.56 Å². The van der Waals surface area contributed by atoms with E-state index in [0.29, 0.717) is 34.8 Å². The predicted octanol–water partition coefficient (Wildman–Crippen LogP) is 3.04. The van der Waals surface area contributed by atoms with Crippen LogP contribution in [0.3, 0.4) is 0 Å². The second-order valence-corrected chi connectivity index (χ2v) is 8.89. The topological polar surface area (TPSA) is 103 Å². The maximum Gasteiger partial charge on any atom is 0.337 e. The summed E-state index contributed by atoms with van der Waals surface area (Å²) in [7, 11) is 4.56. The first-order valence-corrected chi connectivity index (χ1v) is 10.7. The van der Waals surface area contributed by atoms with Crippen LogP contribution in [-0.4, -0.2) is 55.6 Å². The Balaban J connectivity index is 2.66. The number of aliphatic hydroxyl groups is 1. The summed E-state index contributed by atoms with van der Waals surface area (Å²) >= 11 is 0. The van der Waals surface area contributed by atoms with Crippen molar-refractivity contribution in [1.29, 1.82) is 0 Å². The molecule has 1 radical (unpaired) electrons. The van der Waals surface area contributed by atoms with E-state index in [1.165, 1.54) is 7.48 Å². The van der Waals surface area contributed by atoms with Crippen molar-refractivity contribution in [2.24, 2.45) is 0 Å². The van der Waals surface area contributed by atoms with Crippen LogP contribution in [0.5, 0.6) is 11.5 Å². The van der Waals surface area contributed by atoms with Gasteiger partial charge >= 0.3 is 7.48 Å². The van der Waals surface area contributed by atoms with E-state index in [4.69, 9.17) is 18.7 Å². The molecule has 0 saturated heterocycles. The molecule has 0 unspecified atom stereocenters. The molecular formula is C23H34BN2O6. The summed E-state index contributed by atoms with van der Waals surface area (Å²) in [6.45, 7) is 13.2.